The summed E-state index contributed by atoms with van der Waals surface area (Å²) in [6.45, 7) is 0. The topological polar surface area (TPSA) is 34.9 Å². The molecule has 0 amide bonds. The van der Waals surface area contributed by atoms with Gasteiger partial charge in [0.25, 0.3) is 0 Å². The smallest absolute Gasteiger partial charge is 0.135 e. The Labute approximate surface area is 100 Å². The van der Waals surface area contributed by atoms with Gasteiger partial charge in [-0.25, -0.2) is 0 Å². The lowest BCUT2D eigenvalue weighted by Gasteiger charge is -2.07. The van der Waals surface area contributed by atoms with Crippen molar-refractivity contribution >= 4 is 5.78 Å². The molecule has 3 nitrogen and oxygen atoms in total. The number of benzene rings is 1. The molecular formula is C14H14N2O. The van der Waals surface area contributed by atoms with Gasteiger partial charge in [-0.1, -0.05) is 30.3 Å². The van der Waals surface area contributed by atoms with Crippen LogP contribution in [0.4, 0.5) is 0 Å². The van der Waals surface area contributed by atoms with Gasteiger partial charge in [0.1, 0.15) is 5.78 Å². The first-order valence-electron chi connectivity index (χ1n) is 5.94. The Morgan fingerprint density at radius 3 is 2.71 bits per heavy atom. The van der Waals surface area contributed by atoms with Crippen LogP contribution < -0.4 is 0 Å². The second kappa shape index (κ2) is 4.17. The van der Waals surface area contributed by atoms with Gasteiger partial charge < -0.3 is 0 Å². The van der Waals surface area contributed by atoms with Gasteiger partial charge in [0.05, 0.1) is 12.2 Å². The summed E-state index contributed by atoms with van der Waals surface area (Å²) in [6, 6.07) is 10.4. The molecule has 3 heteroatoms. The molecule has 0 radical (unpaired) electrons. The van der Waals surface area contributed by atoms with Crippen LogP contribution in [-0.2, 0) is 4.79 Å². The van der Waals surface area contributed by atoms with Crippen LogP contribution in [-0.4, -0.2) is 15.6 Å². The zero-order chi connectivity index (χ0) is 11.7. The van der Waals surface area contributed by atoms with Gasteiger partial charge in [0, 0.05) is 24.6 Å². The third-order valence-electron chi connectivity index (χ3n) is 3.30. The van der Waals surface area contributed by atoms with Crippen LogP contribution in [0.3, 0.4) is 0 Å². The molecule has 1 unspecified atom stereocenters. The number of carbonyl (C=O) groups is 1. The fourth-order valence-corrected chi connectivity index (χ4v) is 2.34. The third kappa shape index (κ3) is 2.00. The monoisotopic (exact) mass is 226 g/mol. The van der Waals surface area contributed by atoms with Crippen molar-refractivity contribution in [2.45, 2.75) is 25.3 Å². The Bertz CT molecular complexity index is 530. The Morgan fingerprint density at radius 2 is 2.00 bits per heavy atom. The van der Waals surface area contributed by atoms with Gasteiger partial charge in [0.2, 0.25) is 0 Å². The number of aromatic nitrogens is 2. The second-order valence-electron chi connectivity index (χ2n) is 4.51. The SMILES string of the molecule is O=C1CCC(n2cc(-c3ccccc3)cn2)C1. The Kier molecular flexibility index (Phi) is 2.52. The van der Waals surface area contributed by atoms with Crippen LogP contribution >= 0.6 is 0 Å². The number of nitrogens with zero attached hydrogens (tertiary/aromatic N) is 2. The summed E-state index contributed by atoms with van der Waals surface area (Å²) in [5.74, 6) is 0.353. The van der Waals surface area contributed by atoms with Crippen LogP contribution in [0.1, 0.15) is 25.3 Å². The average molecular weight is 226 g/mol. The highest BCUT2D eigenvalue weighted by molar-refractivity contribution is 5.80. The highest BCUT2D eigenvalue weighted by Crippen LogP contribution is 2.28. The summed E-state index contributed by atoms with van der Waals surface area (Å²) >= 11 is 0. The van der Waals surface area contributed by atoms with E-state index in [9.17, 15) is 4.79 Å². The summed E-state index contributed by atoms with van der Waals surface area (Å²) in [6.07, 6.45) is 6.17. The van der Waals surface area contributed by atoms with E-state index in [2.05, 4.69) is 17.2 Å². The predicted octanol–water partition coefficient (Wildman–Crippen LogP) is 2.84. The summed E-state index contributed by atoms with van der Waals surface area (Å²) in [7, 11) is 0. The van der Waals surface area contributed by atoms with Crippen LogP contribution in [0.25, 0.3) is 11.1 Å². The van der Waals surface area contributed by atoms with Crippen molar-refractivity contribution in [2.24, 2.45) is 0 Å². The lowest BCUT2D eigenvalue weighted by Crippen LogP contribution is -2.05. The molecule has 1 aliphatic rings. The zero-order valence-corrected chi connectivity index (χ0v) is 9.54. The van der Waals surface area contributed by atoms with Crippen molar-refractivity contribution < 1.29 is 4.79 Å². The Balaban J connectivity index is 1.86. The highest BCUT2D eigenvalue weighted by Gasteiger charge is 2.24. The highest BCUT2D eigenvalue weighted by atomic mass is 16.1. The molecule has 1 aromatic heterocycles. The molecule has 1 aliphatic carbocycles. The minimum atomic E-state index is 0.264. The van der Waals surface area contributed by atoms with Crippen molar-refractivity contribution in [3.05, 3.63) is 42.7 Å². The largest absolute Gasteiger partial charge is 0.300 e. The number of Topliss-reactive ketones (excluding diaryl/α,β-unsaturated/α-hetero) is 1. The minimum absolute atomic E-state index is 0.264. The van der Waals surface area contributed by atoms with Crippen LogP contribution in [0.15, 0.2) is 42.7 Å². The summed E-state index contributed by atoms with van der Waals surface area (Å²) in [4.78, 5) is 11.3. The molecule has 3 rings (SSSR count). The number of rotatable bonds is 2. The standard InChI is InChI=1S/C14H14N2O/c17-14-7-6-13(8-14)16-10-12(9-15-16)11-4-2-1-3-5-11/h1-5,9-10,13H,6-8H2. The van der Waals surface area contributed by atoms with E-state index < -0.39 is 0 Å². The quantitative estimate of drug-likeness (QED) is 0.789. The van der Waals surface area contributed by atoms with E-state index in [1.807, 2.05) is 35.3 Å². The van der Waals surface area contributed by atoms with Gasteiger partial charge in [-0.15, -0.1) is 0 Å². The van der Waals surface area contributed by atoms with Gasteiger partial charge in [0.15, 0.2) is 0 Å². The maximum absolute atomic E-state index is 11.3. The van der Waals surface area contributed by atoms with Crippen molar-refractivity contribution in [1.82, 2.24) is 9.78 Å². The normalized spacial score (nSPS) is 19.8. The van der Waals surface area contributed by atoms with E-state index >= 15 is 0 Å². The third-order valence-corrected chi connectivity index (χ3v) is 3.30. The minimum Gasteiger partial charge on any atom is -0.300 e. The molecule has 1 heterocycles. The van der Waals surface area contributed by atoms with Crippen molar-refractivity contribution in [3.63, 3.8) is 0 Å². The Morgan fingerprint density at radius 1 is 1.18 bits per heavy atom. The summed E-state index contributed by atoms with van der Waals surface area (Å²) in [5.41, 5.74) is 2.29. The number of carbonyl (C=O) groups excluding carboxylic acids is 1. The number of ketones is 1. The molecule has 0 bridgehead atoms. The second-order valence-corrected chi connectivity index (χ2v) is 4.51. The zero-order valence-electron chi connectivity index (χ0n) is 9.54. The molecule has 1 fully saturated rings. The number of hydrogen-bond acceptors (Lipinski definition) is 2. The first-order chi connectivity index (χ1) is 8.33. The van der Waals surface area contributed by atoms with Crippen molar-refractivity contribution in [1.29, 1.82) is 0 Å². The maximum atomic E-state index is 11.3. The molecule has 1 atom stereocenters. The van der Waals surface area contributed by atoms with Crippen LogP contribution in [0.2, 0.25) is 0 Å². The van der Waals surface area contributed by atoms with E-state index in [4.69, 9.17) is 0 Å². The summed E-state index contributed by atoms with van der Waals surface area (Å²) < 4.78 is 1.94. The molecule has 2 aromatic rings. The molecule has 0 N–H and O–H groups in total. The molecule has 1 aromatic carbocycles. The Hall–Kier alpha value is -1.90. The lowest BCUT2D eigenvalue weighted by molar-refractivity contribution is -0.117. The van der Waals surface area contributed by atoms with Gasteiger partial charge in [-0.05, 0) is 12.0 Å². The van der Waals surface area contributed by atoms with Crippen molar-refractivity contribution in [3.8, 4) is 11.1 Å². The predicted molar refractivity (Wildman–Crippen MR) is 65.6 cm³/mol. The van der Waals surface area contributed by atoms with E-state index in [1.54, 1.807) is 0 Å². The van der Waals surface area contributed by atoms with Gasteiger partial charge >= 0.3 is 0 Å². The fourth-order valence-electron chi connectivity index (χ4n) is 2.34. The molecule has 17 heavy (non-hydrogen) atoms. The molecule has 86 valence electrons. The number of hydrogen-bond donors (Lipinski definition) is 0. The molecule has 0 spiro atoms. The fraction of sp³-hybridized carbons (Fsp3) is 0.286. The van der Waals surface area contributed by atoms with Gasteiger partial charge in [-0.2, -0.15) is 5.10 Å². The van der Waals surface area contributed by atoms with E-state index in [0.717, 1.165) is 12.0 Å². The first kappa shape index (κ1) is 10.3. The van der Waals surface area contributed by atoms with E-state index in [-0.39, 0.29) is 6.04 Å². The molecule has 1 saturated carbocycles. The van der Waals surface area contributed by atoms with Crippen LogP contribution in [0.5, 0.6) is 0 Å². The first-order valence-corrected chi connectivity index (χ1v) is 5.94. The molecule has 0 saturated heterocycles. The molecule has 0 aliphatic heterocycles. The average Bonchev–Trinajstić information content (AvgIpc) is 2.98. The van der Waals surface area contributed by atoms with Crippen LogP contribution in [0, 0.1) is 0 Å². The lowest BCUT2D eigenvalue weighted by atomic mass is 10.1. The molecular weight excluding hydrogens is 212 g/mol. The van der Waals surface area contributed by atoms with Crippen molar-refractivity contribution in [2.75, 3.05) is 0 Å². The van der Waals surface area contributed by atoms with Gasteiger partial charge in [-0.3, -0.25) is 9.48 Å². The van der Waals surface area contributed by atoms with E-state index in [0.29, 0.717) is 18.6 Å². The maximum Gasteiger partial charge on any atom is 0.135 e. The summed E-state index contributed by atoms with van der Waals surface area (Å²) in [5, 5.41) is 4.37. The van der Waals surface area contributed by atoms with E-state index in [1.165, 1.54) is 5.56 Å².